The van der Waals surface area contributed by atoms with Gasteiger partial charge in [0, 0.05) is 12.2 Å². The van der Waals surface area contributed by atoms with Crippen molar-refractivity contribution in [3.05, 3.63) is 29.6 Å². The van der Waals surface area contributed by atoms with Crippen LogP contribution >= 0.6 is 0 Å². The normalized spacial score (nSPS) is 20.1. The van der Waals surface area contributed by atoms with Crippen LogP contribution in [0.2, 0.25) is 0 Å². The molecule has 0 bridgehead atoms. The second-order valence-electron chi connectivity index (χ2n) is 4.14. The Labute approximate surface area is 100 Å². The van der Waals surface area contributed by atoms with E-state index in [1.54, 1.807) is 6.07 Å². The van der Waals surface area contributed by atoms with Gasteiger partial charge in [0.1, 0.15) is 5.82 Å². The summed E-state index contributed by atoms with van der Waals surface area (Å²) in [7, 11) is 0. The first-order chi connectivity index (χ1) is 8.24. The molecular weight excluding hydrogens is 219 g/mol. The number of rotatable bonds is 2. The van der Waals surface area contributed by atoms with E-state index in [2.05, 4.69) is 11.8 Å². The van der Waals surface area contributed by atoms with E-state index in [0.717, 1.165) is 18.7 Å². The Balaban J connectivity index is 2.31. The maximum atomic E-state index is 13.4. The molecule has 3 nitrogen and oxygen atoms in total. The highest BCUT2D eigenvalue weighted by Gasteiger charge is 2.22. The van der Waals surface area contributed by atoms with Crippen LogP contribution in [0, 0.1) is 17.1 Å². The second-order valence-corrected chi connectivity index (χ2v) is 4.14. The van der Waals surface area contributed by atoms with Crippen LogP contribution in [0.4, 0.5) is 10.1 Å². The number of nitrogens with zero attached hydrogens (tertiary/aromatic N) is 2. The summed E-state index contributed by atoms with van der Waals surface area (Å²) in [5.41, 5.74) is 1.14. The first-order valence-electron chi connectivity index (χ1n) is 5.79. The van der Waals surface area contributed by atoms with Gasteiger partial charge in [-0.05, 0) is 24.6 Å². The highest BCUT2D eigenvalue weighted by Crippen LogP contribution is 2.23. The Morgan fingerprint density at radius 3 is 3.06 bits per heavy atom. The molecule has 1 fully saturated rings. The smallest absolute Gasteiger partial charge is 0.126 e. The zero-order chi connectivity index (χ0) is 12.3. The number of nitriles is 1. The maximum Gasteiger partial charge on any atom is 0.126 e. The first-order valence-corrected chi connectivity index (χ1v) is 5.79. The summed E-state index contributed by atoms with van der Waals surface area (Å²) in [6.07, 6.45) is 0.943. The van der Waals surface area contributed by atoms with Crippen LogP contribution in [-0.2, 0) is 4.74 Å². The predicted molar refractivity (Wildman–Crippen MR) is 63.4 cm³/mol. The SMILES string of the molecule is CCC1COCCN1c1cc(F)cc(C#N)c1. The van der Waals surface area contributed by atoms with Crippen molar-refractivity contribution in [1.82, 2.24) is 0 Å². The number of hydrogen-bond acceptors (Lipinski definition) is 3. The van der Waals surface area contributed by atoms with Crippen molar-refractivity contribution in [2.24, 2.45) is 0 Å². The predicted octanol–water partition coefficient (Wildman–Crippen LogP) is 2.31. The van der Waals surface area contributed by atoms with E-state index < -0.39 is 0 Å². The molecule has 0 amide bonds. The Kier molecular flexibility index (Phi) is 3.60. The molecule has 1 atom stereocenters. The van der Waals surface area contributed by atoms with Crippen LogP contribution in [0.5, 0.6) is 0 Å². The molecule has 0 saturated carbocycles. The van der Waals surface area contributed by atoms with Gasteiger partial charge in [-0.3, -0.25) is 0 Å². The summed E-state index contributed by atoms with van der Waals surface area (Å²) in [6, 6.07) is 6.71. The monoisotopic (exact) mass is 234 g/mol. The van der Waals surface area contributed by atoms with Gasteiger partial charge in [-0.2, -0.15) is 5.26 Å². The third kappa shape index (κ3) is 2.56. The fraction of sp³-hybridized carbons (Fsp3) is 0.462. The number of benzene rings is 1. The van der Waals surface area contributed by atoms with Crippen molar-refractivity contribution in [3.63, 3.8) is 0 Å². The van der Waals surface area contributed by atoms with Crippen LogP contribution in [0.1, 0.15) is 18.9 Å². The molecule has 1 aromatic carbocycles. The summed E-state index contributed by atoms with van der Waals surface area (Å²) in [5, 5.41) is 8.85. The van der Waals surface area contributed by atoms with Gasteiger partial charge in [0.2, 0.25) is 0 Å². The minimum absolute atomic E-state index is 0.261. The lowest BCUT2D eigenvalue weighted by Gasteiger charge is -2.37. The summed E-state index contributed by atoms with van der Waals surface area (Å²) < 4.78 is 18.8. The molecule has 90 valence electrons. The van der Waals surface area contributed by atoms with E-state index in [9.17, 15) is 4.39 Å². The average Bonchev–Trinajstić information content (AvgIpc) is 2.37. The number of anilines is 1. The van der Waals surface area contributed by atoms with Gasteiger partial charge in [0.05, 0.1) is 30.9 Å². The summed E-state index contributed by atoms with van der Waals surface area (Å²) in [5.74, 6) is -0.361. The molecule has 0 N–H and O–H groups in total. The zero-order valence-electron chi connectivity index (χ0n) is 9.82. The van der Waals surface area contributed by atoms with Crippen molar-refractivity contribution in [2.45, 2.75) is 19.4 Å². The van der Waals surface area contributed by atoms with Crippen molar-refractivity contribution in [3.8, 4) is 6.07 Å². The van der Waals surface area contributed by atoms with Gasteiger partial charge in [-0.1, -0.05) is 6.92 Å². The van der Waals surface area contributed by atoms with Crippen LogP contribution in [-0.4, -0.2) is 25.8 Å². The standard InChI is InChI=1S/C13H15FN2O/c1-2-12-9-17-4-3-16(12)13-6-10(8-15)5-11(14)7-13/h5-7,12H,2-4,9H2,1H3. The number of halogens is 1. The van der Waals surface area contributed by atoms with Crippen molar-refractivity contribution in [1.29, 1.82) is 5.26 Å². The van der Waals surface area contributed by atoms with E-state index in [0.29, 0.717) is 18.8 Å². The zero-order valence-corrected chi connectivity index (χ0v) is 9.82. The van der Waals surface area contributed by atoms with E-state index in [1.807, 2.05) is 6.07 Å². The Morgan fingerprint density at radius 2 is 2.35 bits per heavy atom. The highest BCUT2D eigenvalue weighted by atomic mass is 19.1. The van der Waals surface area contributed by atoms with Crippen molar-refractivity contribution >= 4 is 5.69 Å². The second kappa shape index (κ2) is 5.15. The van der Waals surface area contributed by atoms with Crippen LogP contribution in [0.3, 0.4) is 0 Å². The maximum absolute atomic E-state index is 13.4. The van der Waals surface area contributed by atoms with Gasteiger partial charge < -0.3 is 9.64 Å². The van der Waals surface area contributed by atoms with Gasteiger partial charge >= 0.3 is 0 Å². The van der Waals surface area contributed by atoms with Crippen molar-refractivity contribution < 1.29 is 9.13 Å². The quantitative estimate of drug-likeness (QED) is 0.787. The Morgan fingerprint density at radius 1 is 1.53 bits per heavy atom. The van der Waals surface area contributed by atoms with Crippen LogP contribution in [0.15, 0.2) is 18.2 Å². The first kappa shape index (κ1) is 11.9. The molecule has 1 aliphatic rings. The van der Waals surface area contributed by atoms with Gasteiger partial charge in [0.15, 0.2) is 0 Å². The lowest BCUT2D eigenvalue weighted by molar-refractivity contribution is 0.0929. The van der Waals surface area contributed by atoms with Gasteiger partial charge in [0.25, 0.3) is 0 Å². The summed E-state index contributed by atoms with van der Waals surface area (Å²) >= 11 is 0. The molecule has 0 spiro atoms. The minimum atomic E-state index is -0.361. The number of ether oxygens (including phenoxy) is 1. The fourth-order valence-electron chi connectivity index (χ4n) is 2.14. The average molecular weight is 234 g/mol. The summed E-state index contributed by atoms with van der Waals surface area (Å²) in [6.45, 7) is 4.13. The topological polar surface area (TPSA) is 36.3 Å². The molecule has 0 radical (unpaired) electrons. The highest BCUT2D eigenvalue weighted by molar-refractivity contribution is 5.53. The molecule has 0 aromatic heterocycles. The molecule has 1 saturated heterocycles. The number of morpholine rings is 1. The van der Waals surface area contributed by atoms with Crippen LogP contribution in [0.25, 0.3) is 0 Å². The molecule has 1 unspecified atom stereocenters. The molecular formula is C13H15FN2O. The molecule has 4 heteroatoms. The van der Waals surface area contributed by atoms with Crippen LogP contribution < -0.4 is 4.90 Å². The van der Waals surface area contributed by atoms with Crippen molar-refractivity contribution in [2.75, 3.05) is 24.7 Å². The lowest BCUT2D eigenvalue weighted by Crippen LogP contribution is -2.45. The van der Waals surface area contributed by atoms with E-state index in [-0.39, 0.29) is 11.9 Å². The molecule has 1 aliphatic heterocycles. The fourth-order valence-corrected chi connectivity index (χ4v) is 2.14. The molecule has 1 heterocycles. The van der Waals surface area contributed by atoms with E-state index in [4.69, 9.17) is 10.00 Å². The third-order valence-electron chi connectivity index (χ3n) is 3.04. The molecule has 2 rings (SSSR count). The number of hydrogen-bond donors (Lipinski definition) is 0. The largest absolute Gasteiger partial charge is 0.377 e. The molecule has 1 aromatic rings. The Bertz CT molecular complexity index is 442. The van der Waals surface area contributed by atoms with E-state index in [1.165, 1.54) is 12.1 Å². The van der Waals surface area contributed by atoms with Gasteiger partial charge in [-0.25, -0.2) is 4.39 Å². The Hall–Kier alpha value is -1.60. The summed E-state index contributed by atoms with van der Waals surface area (Å²) in [4.78, 5) is 2.12. The lowest BCUT2D eigenvalue weighted by atomic mass is 10.1. The molecule has 0 aliphatic carbocycles. The van der Waals surface area contributed by atoms with E-state index >= 15 is 0 Å². The molecule has 17 heavy (non-hydrogen) atoms. The minimum Gasteiger partial charge on any atom is -0.377 e. The van der Waals surface area contributed by atoms with Gasteiger partial charge in [-0.15, -0.1) is 0 Å². The third-order valence-corrected chi connectivity index (χ3v) is 3.04.